The average molecular weight is 316 g/mol. The smallest absolute Gasteiger partial charge is 0.320 e. The maximum atomic E-state index is 12.9. The van der Waals surface area contributed by atoms with Crippen LogP contribution in [0, 0.1) is 0 Å². The number of carbonyl (C=O) groups excluding carboxylic acids is 1. The lowest BCUT2D eigenvalue weighted by atomic mass is 9.80. The van der Waals surface area contributed by atoms with Crippen molar-refractivity contribution >= 4 is 12.0 Å². The van der Waals surface area contributed by atoms with Crippen molar-refractivity contribution in [3.8, 4) is 0 Å². The molecule has 2 aliphatic rings. The van der Waals surface area contributed by atoms with Crippen molar-refractivity contribution < 1.29 is 14.7 Å². The van der Waals surface area contributed by atoms with Crippen molar-refractivity contribution in [3.05, 3.63) is 35.9 Å². The molecular formula is C18H24N2O3. The maximum Gasteiger partial charge on any atom is 0.320 e. The van der Waals surface area contributed by atoms with E-state index in [1.54, 1.807) is 4.90 Å². The van der Waals surface area contributed by atoms with Gasteiger partial charge in [-0.25, -0.2) is 4.79 Å². The molecule has 5 nitrogen and oxygen atoms in total. The Morgan fingerprint density at radius 3 is 2.35 bits per heavy atom. The molecule has 5 heteroatoms. The van der Waals surface area contributed by atoms with Gasteiger partial charge in [-0.15, -0.1) is 0 Å². The predicted octanol–water partition coefficient (Wildman–Crippen LogP) is 2.71. The first-order chi connectivity index (χ1) is 10.9. The van der Waals surface area contributed by atoms with Gasteiger partial charge in [0, 0.05) is 25.2 Å². The Balaban J connectivity index is 1.84. The van der Waals surface area contributed by atoms with Crippen molar-refractivity contribution in [2.45, 2.75) is 44.1 Å². The van der Waals surface area contributed by atoms with Crippen LogP contribution in [0.4, 0.5) is 4.79 Å². The molecule has 1 aromatic rings. The highest BCUT2D eigenvalue weighted by atomic mass is 16.4. The van der Waals surface area contributed by atoms with Crippen LogP contribution in [0.3, 0.4) is 0 Å². The van der Waals surface area contributed by atoms with Gasteiger partial charge in [0.25, 0.3) is 0 Å². The van der Waals surface area contributed by atoms with Crippen molar-refractivity contribution in [2.24, 2.45) is 0 Å². The fourth-order valence-corrected chi connectivity index (χ4v) is 3.90. The summed E-state index contributed by atoms with van der Waals surface area (Å²) in [5, 5.41) is 9.83. The quantitative estimate of drug-likeness (QED) is 0.912. The predicted molar refractivity (Wildman–Crippen MR) is 87.4 cm³/mol. The van der Waals surface area contributed by atoms with Crippen LogP contribution >= 0.6 is 0 Å². The van der Waals surface area contributed by atoms with Gasteiger partial charge >= 0.3 is 12.0 Å². The molecule has 0 radical (unpaired) electrons. The average Bonchev–Trinajstić information content (AvgIpc) is 3.12. The van der Waals surface area contributed by atoms with Crippen LogP contribution in [0.5, 0.6) is 0 Å². The highest BCUT2D eigenvalue weighted by Gasteiger charge is 2.49. The van der Waals surface area contributed by atoms with E-state index in [2.05, 4.69) is 13.8 Å². The Bertz CT molecular complexity index is 614. The number of hydrogen-bond acceptors (Lipinski definition) is 2. The Morgan fingerprint density at radius 2 is 1.78 bits per heavy atom. The zero-order chi connectivity index (χ0) is 16.7. The molecule has 2 heterocycles. The van der Waals surface area contributed by atoms with Gasteiger partial charge < -0.3 is 14.9 Å². The number of hydrogen-bond donors (Lipinski definition) is 1. The molecule has 124 valence electrons. The lowest BCUT2D eigenvalue weighted by Gasteiger charge is -2.35. The summed E-state index contributed by atoms with van der Waals surface area (Å²) in [7, 11) is 0. The molecule has 0 bridgehead atoms. The lowest BCUT2D eigenvalue weighted by Crippen LogP contribution is -2.50. The molecule has 1 aromatic carbocycles. The zero-order valence-electron chi connectivity index (χ0n) is 13.8. The second-order valence-electron chi connectivity index (χ2n) is 7.28. The molecule has 0 saturated carbocycles. The first-order valence-corrected chi connectivity index (χ1v) is 8.22. The first kappa shape index (κ1) is 15.8. The summed E-state index contributed by atoms with van der Waals surface area (Å²) < 4.78 is 0. The van der Waals surface area contributed by atoms with E-state index in [-0.39, 0.29) is 18.1 Å². The number of carbonyl (C=O) groups is 2. The van der Waals surface area contributed by atoms with E-state index in [0.29, 0.717) is 13.0 Å². The second-order valence-corrected chi connectivity index (χ2v) is 7.28. The monoisotopic (exact) mass is 316 g/mol. The number of likely N-dealkylation sites (tertiary alicyclic amines) is 2. The third-order valence-corrected chi connectivity index (χ3v) is 5.41. The van der Waals surface area contributed by atoms with Crippen molar-refractivity contribution in [1.82, 2.24) is 9.80 Å². The van der Waals surface area contributed by atoms with E-state index in [1.807, 2.05) is 35.2 Å². The molecule has 2 fully saturated rings. The topological polar surface area (TPSA) is 60.9 Å². The van der Waals surface area contributed by atoms with Gasteiger partial charge in [0.1, 0.15) is 5.41 Å². The normalized spacial score (nSPS) is 26.5. The highest BCUT2D eigenvalue weighted by Crippen LogP contribution is 2.37. The largest absolute Gasteiger partial charge is 0.481 e. The third-order valence-electron chi connectivity index (χ3n) is 5.41. The van der Waals surface area contributed by atoms with E-state index in [0.717, 1.165) is 24.9 Å². The molecule has 1 atom stereocenters. The van der Waals surface area contributed by atoms with E-state index in [4.69, 9.17) is 0 Å². The fraction of sp³-hybridized carbons (Fsp3) is 0.556. The van der Waals surface area contributed by atoms with Crippen LogP contribution in [-0.4, -0.2) is 52.1 Å². The molecule has 1 unspecified atom stereocenters. The molecule has 0 aromatic heterocycles. The van der Waals surface area contributed by atoms with Crippen LogP contribution in [0.2, 0.25) is 0 Å². The summed E-state index contributed by atoms with van der Waals surface area (Å²) in [6.45, 7) is 5.66. The number of carboxylic acid groups (broad SMARTS) is 1. The van der Waals surface area contributed by atoms with E-state index in [1.165, 1.54) is 0 Å². The summed E-state index contributed by atoms with van der Waals surface area (Å²) in [5.74, 6) is -0.848. The molecule has 0 aliphatic carbocycles. The van der Waals surface area contributed by atoms with Gasteiger partial charge in [0.2, 0.25) is 0 Å². The molecule has 2 amide bonds. The second kappa shape index (κ2) is 5.55. The Kier molecular flexibility index (Phi) is 3.82. The number of benzene rings is 1. The third kappa shape index (κ3) is 2.58. The van der Waals surface area contributed by atoms with Crippen molar-refractivity contribution in [3.63, 3.8) is 0 Å². The summed E-state index contributed by atoms with van der Waals surface area (Å²) in [6, 6.07) is 9.27. The summed E-state index contributed by atoms with van der Waals surface area (Å²) in [6.07, 6.45) is 2.47. The Morgan fingerprint density at radius 1 is 1.09 bits per heavy atom. The Hall–Kier alpha value is -2.04. The number of carboxylic acids is 1. The zero-order valence-corrected chi connectivity index (χ0v) is 13.8. The van der Waals surface area contributed by atoms with Gasteiger partial charge in [-0.2, -0.15) is 0 Å². The van der Waals surface area contributed by atoms with Crippen molar-refractivity contribution in [1.29, 1.82) is 0 Å². The Labute approximate surface area is 136 Å². The molecule has 0 spiro atoms. The highest BCUT2D eigenvalue weighted by molar-refractivity contribution is 5.85. The van der Waals surface area contributed by atoms with Crippen LogP contribution in [0.25, 0.3) is 0 Å². The number of urea groups is 1. The van der Waals surface area contributed by atoms with Gasteiger partial charge in [-0.05, 0) is 38.7 Å². The molecule has 2 aliphatic heterocycles. The summed E-state index contributed by atoms with van der Waals surface area (Å²) in [5.41, 5.74) is -0.345. The lowest BCUT2D eigenvalue weighted by molar-refractivity contribution is -0.143. The van der Waals surface area contributed by atoms with E-state index < -0.39 is 11.4 Å². The molecule has 1 N–H and O–H groups in total. The molecule has 3 rings (SSSR count). The first-order valence-electron chi connectivity index (χ1n) is 8.22. The minimum Gasteiger partial charge on any atom is -0.481 e. The van der Waals surface area contributed by atoms with E-state index in [9.17, 15) is 14.7 Å². The van der Waals surface area contributed by atoms with Crippen LogP contribution in [-0.2, 0) is 10.2 Å². The number of nitrogens with zero attached hydrogens (tertiary/aromatic N) is 2. The van der Waals surface area contributed by atoms with Gasteiger partial charge in [-0.1, -0.05) is 30.3 Å². The van der Waals surface area contributed by atoms with Gasteiger partial charge in [0.05, 0.1) is 0 Å². The van der Waals surface area contributed by atoms with Crippen molar-refractivity contribution in [2.75, 3.05) is 19.6 Å². The standard InChI is InChI=1S/C18H24N2O3/c1-17(2)9-6-11-20(17)16(23)19-12-10-18(13-19,15(21)22)14-7-4-3-5-8-14/h3-5,7-8H,6,9-13H2,1-2H3,(H,21,22). The minimum atomic E-state index is -0.985. The molecule has 2 saturated heterocycles. The van der Waals surface area contributed by atoms with Gasteiger partial charge in [-0.3, -0.25) is 4.79 Å². The van der Waals surface area contributed by atoms with E-state index >= 15 is 0 Å². The molecule has 23 heavy (non-hydrogen) atoms. The fourth-order valence-electron chi connectivity index (χ4n) is 3.90. The van der Waals surface area contributed by atoms with Crippen LogP contribution in [0.1, 0.15) is 38.7 Å². The van der Waals surface area contributed by atoms with Crippen LogP contribution in [0.15, 0.2) is 30.3 Å². The number of aliphatic carboxylic acids is 1. The summed E-state index contributed by atoms with van der Waals surface area (Å²) in [4.78, 5) is 28.5. The minimum absolute atomic E-state index is 0.0217. The SMILES string of the molecule is CC1(C)CCCN1C(=O)N1CCC(C(=O)O)(c2ccccc2)C1. The maximum absolute atomic E-state index is 12.9. The summed E-state index contributed by atoms with van der Waals surface area (Å²) >= 11 is 0. The van der Waals surface area contributed by atoms with Crippen LogP contribution < -0.4 is 0 Å². The number of rotatable bonds is 2. The number of amides is 2. The van der Waals surface area contributed by atoms with Gasteiger partial charge in [0.15, 0.2) is 0 Å². The molecular weight excluding hydrogens is 292 g/mol.